The van der Waals surface area contributed by atoms with Crippen LogP contribution in [0, 0.1) is 11.3 Å². The number of nitrogens with one attached hydrogen (secondary N) is 1. The van der Waals surface area contributed by atoms with Gasteiger partial charge in [-0.3, -0.25) is 4.79 Å². The van der Waals surface area contributed by atoms with Crippen molar-refractivity contribution in [3.63, 3.8) is 0 Å². The molecule has 1 amide bonds. The van der Waals surface area contributed by atoms with Crippen LogP contribution in [0.4, 0.5) is 5.69 Å². The molecule has 7 heteroatoms. The summed E-state index contributed by atoms with van der Waals surface area (Å²) in [7, 11) is -3.65. The smallest absolute Gasteiger partial charge is 0.244 e. The number of nitriles is 1. The normalized spacial score (nSPS) is 14.8. The largest absolute Gasteiger partial charge is 0.326 e. The van der Waals surface area contributed by atoms with E-state index in [1.165, 1.54) is 35.5 Å². The van der Waals surface area contributed by atoms with Crippen LogP contribution in [0.1, 0.15) is 19.8 Å². The average molecular weight is 293 g/mol. The summed E-state index contributed by atoms with van der Waals surface area (Å²) in [5.74, 6) is -0.218. The number of carbonyl (C=O) groups excluding carboxylic acids is 1. The van der Waals surface area contributed by atoms with E-state index in [0.717, 1.165) is 12.8 Å². The highest BCUT2D eigenvalue weighted by Crippen LogP contribution is 2.31. The molecule has 1 fully saturated rings. The zero-order chi connectivity index (χ0) is 14.8. The molecule has 1 aromatic carbocycles. The zero-order valence-electron chi connectivity index (χ0n) is 11.0. The Bertz CT molecular complexity index is 642. The summed E-state index contributed by atoms with van der Waals surface area (Å²) in [6.45, 7) is 1.24. The van der Waals surface area contributed by atoms with E-state index in [1.807, 2.05) is 6.07 Å². The molecule has 1 aliphatic rings. The standard InChI is InChI=1S/C13H15N3O3S/c1-10(17)15-11-2-6-13(7-3-11)20(18,19)16(9-8-14)12-4-5-12/h2-3,6-7,12H,4-5,9H2,1H3,(H,15,17). The maximum atomic E-state index is 12.4. The molecular weight excluding hydrogens is 278 g/mol. The second kappa shape index (κ2) is 5.61. The van der Waals surface area contributed by atoms with Crippen molar-refractivity contribution in [3.8, 4) is 6.07 Å². The molecule has 0 unspecified atom stereocenters. The third-order valence-corrected chi connectivity index (χ3v) is 4.87. The Morgan fingerprint density at radius 1 is 1.40 bits per heavy atom. The zero-order valence-corrected chi connectivity index (χ0v) is 11.9. The molecule has 0 radical (unpaired) electrons. The van der Waals surface area contributed by atoms with Gasteiger partial charge in [0.2, 0.25) is 15.9 Å². The number of rotatable bonds is 5. The van der Waals surface area contributed by atoms with Crippen molar-refractivity contribution >= 4 is 21.6 Å². The molecule has 0 saturated heterocycles. The molecule has 0 atom stereocenters. The first kappa shape index (κ1) is 14.5. The molecule has 1 N–H and O–H groups in total. The van der Waals surface area contributed by atoms with Crippen LogP contribution >= 0.6 is 0 Å². The number of amides is 1. The fraction of sp³-hybridized carbons (Fsp3) is 0.385. The summed E-state index contributed by atoms with van der Waals surface area (Å²) in [6, 6.07) is 7.77. The van der Waals surface area contributed by atoms with Crippen molar-refractivity contribution in [2.24, 2.45) is 0 Å². The maximum absolute atomic E-state index is 12.4. The van der Waals surface area contributed by atoms with Crippen LogP contribution < -0.4 is 5.32 Å². The topological polar surface area (TPSA) is 90.3 Å². The van der Waals surface area contributed by atoms with Gasteiger partial charge >= 0.3 is 0 Å². The van der Waals surface area contributed by atoms with E-state index in [1.54, 1.807) is 0 Å². The van der Waals surface area contributed by atoms with Gasteiger partial charge in [0.25, 0.3) is 0 Å². The molecule has 2 rings (SSSR count). The van der Waals surface area contributed by atoms with Crippen molar-refractivity contribution in [1.82, 2.24) is 4.31 Å². The maximum Gasteiger partial charge on any atom is 0.244 e. The van der Waals surface area contributed by atoms with Gasteiger partial charge in [-0.25, -0.2) is 8.42 Å². The van der Waals surface area contributed by atoms with E-state index in [-0.39, 0.29) is 23.4 Å². The molecule has 0 aromatic heterocycles. The van der Waals surface area contributed by atoms with Crippen molar-refractivity contribution < 1.29 is 13.2 Å². The van der Waals surface area contributed by atoms with E-state index >= 15 is 0 Å². The van der Waals surface area contributed by atoms with Crippen molar-refractivity contribution in [1.29, 1.82) is 5.26 Å². The first-order valence-corrected chi connectivity index (χ1v) is 7.65. The lowest BCUT2D eigenvalue weighted by Crippen LogP contribution is -2.33. The van der Waals surface area contributed by atoms with Gasteiger partial charge in [0, 0.05) is 18.7 Å². The third-order valence-electron chi connectivity index (χ3n) is 2.96. The van der Waals surface area contributed by atoms with Crippen molar-refractivity contribution in [3.05, 3.63) is 24.3 Å². The van der Waals surface area contributed by atoms with Crippen LogP contribution in [0.2, 0.25) is 0 Å². The molecule has 20 heavy (non-hydrogen) atoms. The van der Waals surface area contributed by atoms with Gasteiger partial charge in [-0.15, -0.1) is 0 Å². The van der Waals surface area contributed by atoms with Crippen LogP contribution in [0.25, 0.3) is 0 Å². The van der Waals surface area contributed by atoms with Crippen LogP contribution in [0.3, 0.4) is 0 Å². The van der Waals surface area contributed by atoms with Crippen LogP contribution in [0.5, 0.6) is 0 Å². The van der Waals surface area contributed by atoms with E-state index in [2.05, 4.69) is 5.32 Å². The Balaban J connectivity index is 2.24. The molecular formula is C13H15N3O3S. The lowest BCUT2D eigenvalue weighted by molar-refractivity contribution is -0.114. The van der Waals surface area contributed by atoms with Gasteiger partial charge < -0.3 is 5.32 Å². The summed E-state index contributed by atoms with van der Waals surface area (Å²) in [4.78, 5) is 11.0. The summed E-state index contributed by atoms with van der Waals surface area (Å²) in [6.07, 6.45) is 1.59. The van der Waals surface area contributed by atoms with E-state index < -0.39 is 10.0 Å². The Labute approximate surface area is 118 Å². The molecule has 0 heterocycles. The highest BCUT2D eigenvalue weighted by molar-refractivity contribution is 7.89. The molecule has 0 bridgehead atoms. The molecule has 1 saturated carbocycles. The molecule has 106 valence electrons. The Morgan fingerprint density at radius 2 is 2.00 bits per heavy atom. The highest BCUT2D eigenvalue weighted by atomic mass is 32.2. The quantitative estimate of drug-likeness (QED) is 0.829. The first-order valence-electron chi connectivity index (χ1n) is 6.21. The molecule has 1 aliphatic carbocycles. The summed E-state index contributed by atoms with van der Waals surface area (Å²) in [5, 5.41) is 11.3. The number of nitrogens with zero attached hydrogens (tertiary/aromatic N) is 2. The summed E-state index contributed by atoms with van der Waals surface area (Å²) in [5.41, 5.74) is 0.537. The summed E-state index contributed by atoms with van der Waals surface area (Å²) < 4.78 is 26.1. The average Bonchev–Trinajstić information content (AvgIpc) is 3.20. The predicted octanol–water partition coefficient (Wildman–Crippen LogP) is 1.32. The Morgan fingerprint density at radius 3 is 2.45 bits per heavy atom. The predicted molar refractivity (Wildman–Crippen MR) is 73.3 cm³/mol. The van der Waals surface area contributed by atoms with E-state index in [4.69, 9.17) is 5.26 Å². The minimum Gasteiger partial charge on any atom is -0.326 e. The SMILES string of the molecule is CC(=O)Nc1ccc(S(=O)(=O)N(CC#N)C2CC2)cc1. The van der Waals surface area contributed by atoms with Gasteiger partial charge in [0.15, 0.2) is 0 Å². The van der Waals surface area contributed by atoms with Crippen LogP contribution in [0.15, 0.2) is 29.2 Å². The molecule has 0 spiro atoms. The minimum atomic E-state index is -3.65. The fourth-order valence-electron chi connectivity index (χ4n) is 1.89. The number of carbonyl (C=O) groups is 1. The number of benzene rings is 1. The Kier molecular flexibility index (Phi) is 4.06. The lowest BCUT2D eigenvalue weighted by Gasteiger charge is -2.18. The second-order valence-corrected chi connectivity index (χ2v) is 6.54. The minimum absolute atomic E-state index is 0.0605. The number of anilines is 1. The lowest BCUT2D eigenvalue weighted by atomic mass is 10.3. The highest BCUT2D eigenvalue weighted by Gasteiger charge is 2.37. The monoisotopic (exact) mass is 293 g/mol. The molecule has 6 nitrogen and oxygen atoms in total. The van der Waals surface area contributed by atoms with Gasteiger partial charge in [-0.2, -0.15) is 9.57 Å². The van der Waals surface area contributed by atoms with Crippen LogP contribution in [-0.2, 0) is 14.8 Å². The summed E-state index contributed by atoms with van der Waals surface area (Å²) >= 11 is 0. The fourth-order valence-corrected chi connectivity index (χ4v) is 3.47. The second-order valence-electron chi connectivity index (χ2n) is 4.65. The van der Waals surface area contributed by atoms with Crippen molar-refractivity contribution in [2.45, 2.75) is 30.7 Å². The third kappa shape index (κ3) is 3.15. The first-order chi connectivity index (χ1) is 9.45. The van der Waals surface area contributed by atoms with E-state index in [9.17, 15) is 13.2 Å². The van der Waals surface area contributed by atoms with Gasteiger partial charge in [-0.1, -0.05) is 0 Å². The van der Waals surface area contributed by atoms with Gasteiger partial charge in [-0.05, 0) is 37.1 Å². The number of hydrogen-bond donors (Lipinski definition) is 1. The Hall–Kier alpha value is -1.91. The van der Waals surface area contributed by atoms with Crippen molar-refractivity contribution in [2.75, 3.05) is 11.9 Å². The van der Waals surface area contributed by atoms with E-state index in [0.29, 0.717) is 5.69 Å². The van der Waals surface area contributed by atoms with Crippen LogP contribution in [-0.4, -0.2) is 31.2 Å². The molecule has 0 aliphatic heterocycles. The van der Waals surface area contributed by atoms with Gasteiger partial charge in [0.1, 0.15) is 6.54 Å². The number of sulfonamides is 1. The molecule has 1 aromatic rings. The number of hydrogen-bond acceptors (Lipinski definition) is 4. The van der Waals surface area contributed by atoms with Gasteiger partial charge in [0.05, 0.1) is 11.0 Å².